The average Bonchev–Trinajstić information content (AvgIpc) is 2.91. The minimum atomic E-state index is -4.69. The molecule has 2 N–H and O–H groups in total. The van der Waals surface area contributed by atoms with Gasteiger partial charge in [0.2, 0.25) is 5.91 Å². The topological polar surface area (TPSA) is 78.5 Å². The number of carbonyl (C=O) groups excluding carboxylic acids is 3. The van der Waals surface area contributed by atoms with Gasteiger partial charge >= 0.3 is 12.2 Å². The van der Waals surface area contributed by atoms with Crippen LogP contribution in [0.1, 0.15) is 24.5 Å². The molecule has 1 saturated heterocycles. The first-order valence-corrected chi connectivity index (χ1v) is 9.72. The number of nitrogens with zero attached hydrogens (tertiary/aromatic N) is 1. The third kappa shape index (κ3) is 5.16. The van der Waals surface area contributed by atoms with E-state index in [1.807, 2.05) is 30.3 Å². The Balaban J connectivity index is 1.65. The second-order valence-corrected chi connectivity index (χ2v) is 7.79. The van der Waals surface area contributed by atoms with Crippen molar-refractivity contribution in [3.05, 3.63) is 64.7 Å². The van der Waals surface area contributed by atoms with Crippen molar-refractivity contribution in [3.8, 4) is 0 Å². The maximum absolute atomic E-state index is 13.0. The largest absolute Gasteiger partial charge is 0.417 e. The third-order valence-corrected chi connectivity index (χ3v) is 5.29. The molecular formula is C21H19ClF3N3O3. The predicted octanol–water partition coefficient (Wildman–Crippen LogP) is 4.24. The molecule has 10 heteroatoms. The van der Waals surface area contributed by atoms with Crippen LogP contribution in [0.3, 0.4) is 0 Å². The first-order valence-electron chi connectivity index (χ1n) is 9.34. The fourth-order valence-electron chi connectivity index (χ4n) is 3.26. The molecule has 1 unspecified atom stereocenters. The van der Waals surface area contributed by atoms with Crippen molar-refractivity contribution in [3.63, 3.8) is 0 Å². The summed E-state index contributed by atoms with van der Waals surface area (Å²) in [5, 5.41) is 4.35. The highest BCUT2D eigenvalue weighted by Gasteiger charge is 2.47. The van der Waals surface area contributed by atoms with Crippen LogP contribution in [0, 0.1) is 0 Å². The molecule has 3 rings (SSSR count). The summed E-state index contributed by atoms with van der Waals surface area (Å²) in [5.74, 6) is -1.39. The maximum Gasteiger partial charge on any atom is 0.417 e. The van der Waals surface area contributed by atoms with Crippen LogP contribution in [0.2, 0.25) is 5.02 Å². The van der Waals surface area contributed by atoms with Crippen molar-refractivity contribution in [1.82, 2.24) is 10.2 Å². The number of hydrogen-bond donors (Lipinski definition) is 2. The summed E-state index contributed by atoms with van der Waals surface area (Å²) in [4.78, 5) is 38.1. The van der Waals surface area contributed by atoms with Gasteiger partial charge in [-0.25, -0.2) is 4.79 Å². The lowest BCUT2D eigenvalue weighted by molar-refractivity contribution is -0.137. The van der Waals surface area contributed by atoms with Gasteiger partial charge in [0.05, 0.1) is 10.6 Å². The molecule has 1 fully saturated rings. The number of anilines is 1. The van der Waals surface area contributed by atoms with Crippen LogP contribution in [-0.2, 0) is 22.2 Å². The molecular weight excluding hydrogens is 435 g/mol. The summed E-state index contributed by atoms with van der Waals surface area (Å²) in [5.41, 5.74) is -1.45. The van der Waals surface area contributed by atoms with E-state index in [4.69, 9.17) is 11.6 Å². The number of benzene rings is 2. The fraction of sp³-hybridized carbons (Fsp3) is 0.286. The standard InChI is InChI=1S/C21H19ClF3N3O3/c1-20(10-9-13-5-3-2-4-6-13)18(30)28(19(31)27-20)12-17(29)26-14-7-8-16(22)15(11-14)21(23,24)25/h2-8,11H,9-10,12H2,1H3,(H,26,29)(H,27,31). The Hall–Kier alpha value is -3.07. The number of urea groups is 1. The van der Waals surface area contributed by atoms with E-state index < -0.39 is 46.7 Å². The van der Waals surface area contributed by atoms with Crippen molar-refractivity contribution in [1.29, 1.82) is 0 Å². The number of hydrogen-bond acceptors (Lipinski definition) is 3. The van der Waals surface area contributed by atoms with Crippen LogP contribution in [0.4, 0.5) is 23.7 Å². The van der Waals surface area contributed by atoms with Gasteiger partial charge in [-0.2, -0.15) is 13.2 Å². The highest BCUT2D eigenvalue weighted by atomic mass is 35.5. The molecule has 1 atom stereocenters. The van der Waals surface area contributed by atoms with E-state index in [9.17, 15) is 27.6 Å². The van der Waals surface area contributed by atoms with Crippen LogP contribution in [0.25, 0.3) is 0 Å². The molecule has 31 heavy (non-hydrogen) atoms. The Morgan fingerprint density at radius 3 is 2.48 bits per heavy atom. The summed E-state index contributed by atoms with van der Waals surface area (Å²) >= 11 is 5.56. The lowest BCUT2D eigenvalue weighted by Gasteiger charge is -2.21. The Morgan fingerprint density at radius 2 is 1.84 bits per heavy atom. The number of nitrogens with one attached hydrogen (secondary N) is 2. The Bertz CT molecular complexity index is 1010. The van der Waals surface area contributed by atoms with Gasteiger partial charge in [-0.05, 0) is 43.5 Å². The summed E-state index contributed by atoms with van der Waals surface area (Å²) in [6, 6.07) is 11.6. The summed E-state index contributed by atoms with van der Waals surface area (Å²) in [7, 11) is 0. The lowest BCUT2D eigenvalue weighted by Crippen LogP contribution is -2.45. The summed E-state index contributed by atoms with van der Waals surface area (Å²) in [6.45, 7) is 0.943. The summed E-state index contributed by atoms with van der Waals surface area (Å²) < 4.78 is 38.9. The van der Waals surface area contributed by atoms with Crippen molar-refractivity contribution in [2.24, 2.45) is 0 Å². The zero-order valence-corrected chi connectivity index (χ0v) is 17.2. The van der Waals surface area contributed by atoms with Gasteiger partial charge in [-0.15, -0.1) is 0 Å². The van der Waals surface area contributed by atoms with E-state index in [2.05, 4.69) is 10.6 Å². The van der Waals surface area contributed by atoms with E-state index in [1.165, 1.54) is 6.07 Å². The highest BCUT2D eigenvalue weighted by molar-refractivity contribution is 6.31. The molecule has 0 bridgehead atoms. The first-order chi connectivity index (χ1) is 14.5. The Kier molecular flexibility index (Phi) is 6.26. The van der Waals surface area contributed by atoms with Crippen LogP contribution in [0.5, 0.6) is 0 Å². The van der Waals surface area contributed by atoms with Crippen molar-refractivity contribution in [2.75, 3.05) is 11.9 Å². The molecule has 1 aliphatic rings. The average molecular weight is 454 g/mol. The number of halogens is 4. The van der Waals surface area contributed by atoms with Gasteiger partial charge in [0.1, 0.15) is 12.1 Å². The van der Waals surface area contributed by atoms with Gasteiger partial charge in [-0.1, -0.05) is 41.9 Å². The van der Waals surface area contributed by atoms with E-state index in [-0.39, 0.29) is 5.69 Å². The lowest BCUT2D eigenvalue weighted by atomic mass is 9.93. The number of carbonyl (C=O) groups is 3. The molecule has 4 amide bonds. The van der Waals surface area contributed by atoms with E-state index in [0.717, 1.165) is 16.5 Å². The maximum atomic E-state index is 13.0. The van der Waals surface area contributed by atoms with Gasteiger partial charge < -0.3 is 10.6 Å². The molecule has 6 nitrogen and oxygen atoms in total. The normalized spacial score (nSPS) is 18.8. The van der Waals surface area contributed by atoms with Crippen molar-refractivity contribution < 1.29 is 27.6 Å². The molecule has 0 spiro atoms. The molecule has 0 aliphatic carbocycles. The predicted molar refractivity (Wildman–Crippen MR) is 108 cm³/mol. The fourth-order valence-corrected chi connectivity index (χ4v) is 3.49. The van der Waals surface area contributed by atoms with Crippen LogP contribution >= 0.6 is 11.6 Å². The molecule has 0 saturated carbocycles. The number of alkyl halides is 3. The third-order valence-electron chi connectivity index (χ3n) is 4.96. The molecule has 0 aromatic heterocycles. The molecule has 164 valence electrons. The van der Waals surface area contributed by atoms with Gasteiger partial charge in [-0.3, -0.25) is 14.5 Å². The van der Waals surface area contributed by atoms with Crippen LogP contribution < -0.4 is 10.6 Å². The SMILES string of the molecule is CC1(CCc2ccccc2)NC(=O)N(CC(=O)Nc2ccc(Cl)c(C(F)(F)F)c2)C1=O. The van der Waals surface area contributed by atoms with Gasteiger partial charge in [0.15, 0.2) is 0 Å². The monoisotopic (exact) mass is 453 g/mol. The minimum absolute atomic E-state index is 0.152. The number of imide groups is 1. The second-order valence-electron chi connectivity index (χ2n) is 7.38. The molecule has 0 radical (unpaired) electrons. The minimum Gasteiger partial charge on any atom is -0.325 e. The van der Waals surface area contributed by atoms with Gasteiger partial charge in [0.25, 0.3) is 5.91 Å². The van der Waals surface area contributed by atoms with Crippen molar-refractivity contribution >= 4 is 35.1 Å². The first kappa shape index (κ1) is 22.6. The number of rotatable bonds is 6. The smallest absolute Gasteiger partial charge is 0.325 e. The van der Waals surface area contributed by atoms with Gasteiger partial charge in [0, 0.05) is 5.69 Å². The second kappa shape index (κ2) is 8.58. The molecule has 2 aromatic rings. The summed E-state index contributed by atoms with van der Waals surface area (Å²) in [6.07, 6.45) is -3.83. The highest BCUT2D eigenvalue weighted by Crippen LogP contribution is 2.36. The van der Waals surface area contributed by atoms with Crippen molar-refractivity contribution in [2.45, 2.75) is 31.5 Å². The zero-order chi connectivity index (χ0) is 22.8. The quantitative estimate of drug-likeness (QED) is 0.642. The number of amides is 4. The van der Waals surface area contributed by atoms with E-state index in [0.29, 0.717) is 18.9 Å². The Morgan fingerprint density at radius 1 is 1.16 bits per heavy atom. The van der Waals surface area contributed by atoms with E-state index in [1.54, 1.807) is 6.92 Å². The van der Waals surface area contributed by atoms with Crippen LogP contribution in [-0.4, -0.2) is 34.8 Å². The zero-order valence-electron chi connectivity index (χ0n) is 16.4. The molecule has 1 heterocycles. The van der Waals surface area contributed by atoms with E-state index >= 15 is 0 Å². The molecule has 2 aromatic carbocycles. The van der Waals surface area contributed by atoms with Crippen LogP contribution in [0.15, 0.2) is 48.5 Å². The molecule has 1 aliphatic heterocycles. The Labute approximate surface area is 181 Å². The number of aryl methyl sites for hydroxylation is 1.